The number of likely N-dealkylation sites (tertiary alicyclic amines) is 1. The maximum absolute atomic E-state index is 12.3. The first-order chi connectivity index (χ1) is 19.7. The lowest BCUT2D eigenvalue weighted by Crippen LogP contribution is -2.47. The normalized spacial score (nSPS) is 14.6. The molecule has 2 atom stereocenters. The minimum absolute atomic E-state index is 0.0322. The monoisotopic (exact) mass is 576 g/mol. The van der Waals surface area contributed by atoms with Crippen LogP contribution in [0.1, 0.15) is 55.2 Å². The molecule has 218 valence electrons. The molecule has 0 aliphatic carbocycles. The number of nitrogens with zero attached hydrogens (tertiary/aromatic N) is 2. The first-order valence-corrected chi connectivity index (χ1v) is 14.4. The largest absolute Gasteiger partial charge is 0.508 e. The summed E-state index contributed by atoms with van der Waals surface area (Å²) in [5.41, 5.74) is 5.53. The number of allylic oxidation sites excluding steroid dienone is 3. The smallest absolute Gasteiger partial charge is 0.252 e. The molecule has 3 N–H and O–H groups in total. The van der Waals surface area contributed by atoms with Crippen molar-refractivity contribution >= 4 is 29.6 Å². The third-order valence-electron chi connectivity index (χ3n) is 6.34. The van der Waals surface area contributed by atoms with Crippen LogP contribution in [0, 0.1) is 6.92 Å². The first kappa shape index (κ1) is 33.0. The number of thiazole rings is 1. The Morgan fingerprint density at radius 1 is 1.24 bits per heavy atom. The van der Waals surface area contributed by atoms with Gasteiger partial charge >= 0.3 is 0 Å². The van der Waals surface area contributed by atoms with Crippen LogP contribution in [0.5, 0.6) is 5.75 Å². The molecule has 2 aromatic carbocycles. The van der Waals surface area contributed by atoms with Crippen molar-refractivity contribution in [3.63, 3.8) is 0 Å². The molecule has 2 unspecified atom stereocenters. The zero-order valence-electron chi connectivity index (χ0n) is 24.2. The standard InChI is InChI=1S/C15H20N2O3.C12H12N2OS.C5H8/c1-10-5-4-8-17(10)15(20)11(2)16-14(19)12-6-3-7-13(18)9-12;1-9-12(16-8-14-9)11-4-2-10(3-5-11)6-13-7-15;1-3-5-4-2/h3,6-7,9-11,18H,4-5,8H2,1-2H3,(H,16,19);2-5,7-8H,6H2,1H3,(H,13,15);3-5H,1H2,2H3/b;;5-4-. The molecule has 41 heavy (non-hydrogen) atoms. The zero-order chi connectivity index (χ0) is 30.2. The quantitative estimate of drug-likeness (QED) is 0.238. The van der Waals surface area contributed by atoms with Crippen LogP contribution < -0.4 is 10.6 Å². The molecule has 2 heterocycles. The molecule has 1 saturated heterocycles. The molecule has 4 rings (SSSR count). The fourth-order valence-electron chi connectivity index (χ4n) is 4.15. The van der Waals surface area contributed by atoms with Crippen molar-refractivity contribution in [2.24, 2.45) is 0 Å². The molecule has 8 nitrogen and oxygen atoms in total. The molecule has 1 aliphatic rings. The number of benzene rings is 2. The molecular formula is C32H40N4O4S. The average Bonchev–Trinajstić information content (AvgIpc) is 3.60. The second-order valence-corrected chi connectivity index (χ2v) is 10.3. The topological polar surface area (TPSA) is 112 Å². The van der Waals surface area contributed by atoms with Crippen LogP contribution in [-0.2, 0) is 16.1 Å². The van der Waals surface area contributed by atoms with E-state index in [-0.39, 0.29) is 23.6 Å². The predicted octanol–water partition coefficient (Wildman–Crippen LogP) is 5.63. The van der Waals surface area contributed by atoms with Gasteiger partial charge in [0.1, 0.15) is 11.8 Å². The second kappa shape index (κ2) is 17.5. The van der Waals surface area contributed by atoms with Gasteiger partial charge in [0.05, 0.1) is 16.1 Å². The molecule has 0 spiro atoms. The predicted molar refractivity (Wildman–Crippen MR) is 166 cm³/mol. The van der Waals surface area contributed by atoms with Gasteiger partial charge < -0.3 is 20.6 Å². The number of nitrogens with one attached hydrogen (secondary N) is 2. The summed E-state index contributed by atoms with van der Waals surface area (Å²) in [6.45, 7) is 12.5. The first-order valence-electron chi connectivity index (χ1n) is 13.5. The summed E-state index contributed by atoms with van der Waals surface area (Å²) in [6.07, 6.45) is 8.31. The van der Waals surface area contributed by atoms with Crippen molar-refractivity contribution in [3.8, 4) is 16.2 Å². The van der Waals surface area contributed by atoms with E-state index in [1.54, 1.807) is 36.5 Å². The number of carbonyl (C=O) groups excluding carboxylic acids is 3. The van der Waals surface area contributed by atoms with Crippen molar-refractivity contribution in [2.75, 3.05) is 6.54 Å². The maximum atomic E-state index is 12.3. The number of rotatable bonds is 8. The van der Waals surface area contributed by atoms with Gasteiger partial charge in [0, 0.05) is 24.7 Å². The third kappa shape index (κ3) is 10.7. The highest BCUT2D eigenvalue weighted by molar-refractivity contribution is 7.13. The molecule has 0 saturated carbocycles. The fourth-order valence-corrected chi connectivity index (χ4v) is 4.96. The molecule has 9 heteroatoms. The van der Waals surface area contributed by atoms with Crippen LogP contribution >= 0.6 is 11.3 Å². The van der Waals surface area contributed by atoms with E-state index >= 15 is 0 Å². The summed E-state index contributed by atoms with van der Waals surface area (Å²) in [7, 11) is 0. The summed E-state index contributed by atoms with van der Waals surface area (Å²) in [4.78, 5) is 41.7. The van der Waals surface area contributed by atoms with Crippen molar-refractivity contribution in [1.82, 2.24) is 20.5 Å². The molecule has 0 bridgehead atoms. The van der Waals surface area contributed by atoms with E-state index in [9.17, 15) is 19.5 Å². The SMILES string of the molecule is C=C/C=C\C.CC(NC(=O)c1cccc(O)c1)C(=O)N1CCCC1C.Cc1ncsc1-c1ccc(CNC=O)cc1. The van der Waals surface area contributed by atoms with Crippen molar-refractivity contribution < 1.29 is 19.5 Å². The van der Waals surface area contributed by atoms with Crippen molar-refractivity contribution in [1.29, 1.82) is 0 Å². The van der Waals surface area contributed by atoms with Gasteiger partial charge in [0.2, 0.25) is 12.3 Å². The number of phenols is 1. The number of amides is 3. The van der Waals surface area contributed by atoms with Crippen LogP contribution in [-0.4, -0.2) is 51.8 Å². The van der Waals surface area contributed by atoms with Gasteiger partial charge in [-0.05, 0) is 69.9 Å². The second-order valence-electron chi connectivity index (χ2n) is 9.49. The highest BCUT2D eigenvalue weighted by Gasteiger charge is 2.29. The Labute approximate surface area is 246 Å². The fraction of sp³-hybridized carbons (Fsp3) is 0.312. The summed E-state index contributed by atoms with van der Waals surface area (Å²) in [5, 5.41) is 14.7. The molecule has 1 fully saturated rings. The summed E-state index contributed by atoms with van der Waals surface area (Å²) >= 11 is 1.64. The molecule has 1 aliphatic heterocycles. The van der Waals surface area contributed by atoms with Crippen LogP contribution in [0.2, 0.25) is 0 Å². The minimum atomic E-state index is -0.564. The number of aryl methyl sites for hydroxylation is 1. The van der Waals surface area contributed by atoms with E-state index in [0.717, 1.165) is 30.6 Å². The highest BCUT2D eigenvalue weighted by Crippen LogP contribution is 2.27. The Hall–Kier alpha value is -4.24. The van der Waals surface area contributed by atoms with Crippen LogP contribution in [0.3, 0.4) is 0 Å². The summed E-state index contributed by atoms with van der Waals surface area (Å²) in [6, 6.07) is 13.9. The highest BCUT2D eigenvalue weighted by atomic mass is 32.1. The zero-order valence-corrected chi connectivity index (χ0v) is 25.0. The number of hydrogen-bond donors (Lipinski definition) is 3. The van der Waals surface area contributed by atoms with Gasteiger partial charge in [-0.15, -0.1) is 11.3 Å². The molecule has 0 radical (unpaired) electrons. The van der Waals surface area contributed by atoms with E-state index in [4.69, 9.17) is 0 Å². The molecule has 3 amide bonds. The van der Waals surface area contributed by atoms with Gasteiger partial charge in [-0.1, -0.05) is 55.1 Å². The van der Waals surface area contributed by atoms with E-state index in [1.165, 1.54) is 22.6 Å². The summed E-state index contributed by atoms with van der Waals surface area (Å²) in [5.74, 6) is -0.373. The van der Waals surface area contributed by atoms with Gasteiger partial charge in [-0.2, -0.15) is 0 Å². The summed E-state index contributed by atoms with van der Waals surface area (Å²) < 4.78 is 0. The molecule has 1 aromatic heterocycles. The Morgan fingerprint density at radius 2 is 1.98 bits per heavy atom. The Balaban J connectivity index is 0.000000251. The molecular weight excluding hydrogens is 536 g/mol. The Morgan fingerprint density at radius 3 is 2.49 bits per heavy atom. The number of carbonyl (C=O) groups is 3. The van der Waals surface area contributed by atoms with E-state index in [2.05, 4.69) is 34.3 Å². The molecule has 3 aromatic rings. The Bertz CT molecular complexity index is 1300. The van der Waals surface area contributed by atoms with Crippen molar-refractivity contribution in [3.05, 3.63) is 95.7 Å². The lowest BCUT2D eigenvalue weighted by Gasteiger charge is -2.25. The minimum Gasteiger partial charge on any atom is -0.508 e. The van der Waals surface area contributed by atoms with E-state index in [0.29, 0.717) is 18.5 Å². The average molecular weight is 577 g/mol. The maximum Gasteiger partial charge on any atom is 0.252 e. The number of aromatic hydroxyl groups is 1. The third-order valence-corrected chi connectivity index (χ3v) is 7.32. The van der Waals surface area contributed by atoms with Gasteiger partial charge in [0.25, 0.3) is 5.91 Å². The number of hydrogen-bond acceptors (Lipinski definition) is 6. The van der Waals surface area contributed by atoms with Gasteiger partial charge in [0.15, 0.2) is 0 Å². The van der Waals surface area contributed by atoms with Crippen LogP contribution in [0.25, 0.3) is 10.4 Å². The van der Waals surface area contributed by atoms with E-state index in [1.807, 2.05) is 55.5 Å². The number of phenolic OH excluding ortho intramolecular Hbond substituents is 1. The van der Waals surface area contributed by atoms with Gasteiger partial charge in [-0.3, -0.25) is 14.4 Å². The lowest BCUT2D eigenvalue weighted by molar-refractivity contribution is -0.133. The van der Waals surface area contributed by atoms with E-state index < -0.39 is 6.04 Å². The van der Waals surface area contributed by atoms with Crippen LogP contribution in [0.4, 0.5) is 0 Å². The van der Waals surface area contributed by atoms with Gasteiger partial charge in [-0.25, -0.2) is 4.98 Å². The van der Waals surface area contributed by atoms with Crippen LogP contribution in [0.15, 0.2) is 78.8 Å². The van der Waals surface area contributed by atoms with Crippen molar-refractivity contribution in [2.45, 2.75) is 59.2 Å². The Kier molecular flexibility index (Phi) is 14.0. The number of aromatic nitrogens is 1. The lowest BCUT2D eigenvalue weighted by atomic mass is 10.1.